The molecule has 2 N–H and O–H groups in total. The number of ether oxygens (including phenoxy) is 1. The highest BCUT2D eigenvalue weighted by atomic mass is 32.1. The second-order valence-corrected chi connectivity index (χ2v) is 6.79. The summed E-state index contributed by atoms with van der Waals surface area (Å²) >= 11 is 1.30. The van der Waals surface area contributed by atoms with Crippen LogP contribution in [0.4, 0.5) is 29.7 Å². The van der Waals surface area contributed by atoms with Crippen molar-refractivity contribution in [1.82, 2.24) is 4.98 Å². The summed E-state index contributed by atoms with van der Waals surface area (Å²) in [7, 11) is 0. The molecule has 0 bridgehead atoms. The van der Waals surface area contributed by atoms with Gasteiger partial charge in [-0.3, -0.25) is 4.79 Å². The van der Waals surface area contributed by atoms with Gasteiger partial charge in [0.25, 0.3) is 0 Å². The molecule has 9 heteroatoms. The van der Waals surface area contributed by atoms with E-state index < -0.39 is 6.36 Å². The summed E-state index contributed by atoms with van der Waals surface area (Å²) in [5, 5.41) is 8.08. The standard InChI is InChI=1S/C19H16F3N3O2S/c1-12-3-2-4-14(9-12)23-17(26)10-15-11-28-18(25-15)24-13-5-7-16(8-6-13)27-19(20,21)22/h2-9,11H,10H2,1H3,(H,23,26)(H,24,25). The molecule has 0 fully saturated rings. The van der Waals surface area contributed by atoms with Gasteiger partial charge in [0.2, 0.25) is 5.91 Å². The Morgan fingerprint density at radius 1 is 1.14 bits per heavy atom. The largest absolute Gasteiger partial charge is 0.573 e. The Morgan fingerprint density at radius 2 is 1.89 bits per heavy atom. The van der Waals surface area contributed by atoms with Gasteiger partial charge in [-0.05, 0) is 48.9 Å². The quantitative estimate of drug-likeness (QED) is 0.584. The molecule has 146 valence electrons. The van der Waals surface area contributed by atoms with E-state index in [1.807, 2.05) is 31.2 Å². The van der Waals surface area contributed by atoms with Crippen LogP contribution in [0, 0.1) is 6.92 Å². The molecule has 2 aromatic carbocycles. The Hall–Kier alpha value is -3.07. The van der Waals surface area contributed by atoms with Crippen molar-refractivity contribution in [2.24, 2.45) is 0 Å². The summed E-state index contributed by atoms with van der Waals surface area (Å²) in [6.07, 6.45) is -4.61. The van der Waals surface area contributed by atoms with Crippen LogP contribution in [0.25, 0.3) is 0 Å². The summed E-state index contributed by atoms with van der Waals surface area (Å²) in [6, 6.07) is 12.8. The predicted molar refractivity (Wildman–Crippen MR) is 102 cm³/mol. The number of nitrogens with one attached hydrogen (secondary N) is 2. The fraction of sp³-hybridized carbons (Fsp3) is 0.158. The lowest BCUT2D eigenvalue weighted by molar-refractivity contribution is -0.274. The van der Waals surface area contributed by atoms with Crippen molar-refractivity contribution in [3.8, 4) is 5.75 Å². The molecule has 5 nitrogen and oxygen atoms in total. The maximum Gasteiger partial charge on any atom is 0.573 e. The van der Waals surface area contributed by atoms with Crippen molar-refractivity contribution in [2.75, 3.05) is 10.6 Å². The molecule has 0 aliphatic heterocycles. The van der Waals surface area contributed by atoms with Crippen LogP contribution < -0.4 is 15.4 Å². The van der Waals surface area contributed by atoms with Crippen LogP contribution in [-0.4, -0.2) is 17.3 Å². The zero-order valence-corrected chi connectivity index (χ0v) is 15.5. The van der Waals surface area contributed by atoms with Crippen LogP contribution >= 0.6 is 11.3 Å². The van der Waals surface area contributed by atoms with Crippen molar-refractivity contribution in [2.45, 2.75) is 19.7 Å². The van der Waals surface area contributed by atoms with Gasteiger partial charge in [-0.2, -0.15) is 0 Å². The molecule has 1 heterocycles. The van der Waals surface area contributed by atoms with Gasteiger partial charge in [-0.25, -0.2) is 4.98 Å². The molecule has 3 aromatic rings. The van der Waals surface area contributed by atoms with E-state index in [1.165, 1.54) is 35.6 Å². The Kier molecular flexibility index (Phi) is 5.84. The zero-order valence-electron chi connectivity index (χ0n) is 14.7. The highest BCUT2D eigenvalue weighted by molar-refractivity contribution is 7.13. The van der Waals surface area contributed by atoms with Gasteiger partial charge in [0, 0.05) is 16.8 Å². The smallest absolute Gasteiger partial charge is 0.406 e. The number of hydrogen-bond donors (Lipinski definition) is 2. The molecule has 1 amide bonds. The third kappa shape index (κ3) is 5.98. The summed E-state index contributed by atoms with van der Waals surface area (Å²) in [5.41, 5.74) is 2.92. The summed E-state index contributed by atoms with van der Waals surface area (Å²) in [4.78, 5) is 16.5. The number of thiazole rings is 1. The van der Waals surface area contributed by atoms with Crippen molar-refractivity contribution in [3.63, 3.8) is 0 Å². The van der Waals surface area contributed by atoms with Crippen molar-refractivity contribution >= 4 is 33.8 Å². The SMILES string of the molecule is Cc1cccc(NC(=O)Cc2csc(Nc3ccc(OC(F)(F)F)cc3)n2)c1. The van der Waals surface area contributed by atoms with E-state index in [-0.39, 0.29) is 18.1 Å². The number of hydrogen-bond acceptors (Lipinski definition) is 5. The van der Waals surface area contributed by atoms with E-state index in [2.05, 4.69) is 20.4 Å². The minimum absolute atomic E-state index is 0.116. The minimum Gasteiger partial charge on any atom is -0.406 e. The highest BCUT2D eigenvalue weighted by Gasteiger charge is 2.30. The van der Waals surface area contributed by atoms with Crippen molar-refractivity contribution < 1.29 is 22.7 Å². The first-order valence-electron chi connectivity index (χ1n) is 8.20. The minimum atomic E-state index is -4.72. The average Bonchev–Trinajstić information content (AvgIpc) is 3.02. The topological polar surface area (TPSA) is 63.2 Å². The molecule has 0 radical (unpaired) electrons. The first-order chi connectivity index (χ1) is 13.3. The van der Waals surface area contributed by atoms with Crippen molar-refractivity contribution in [1.29, 1.82) is 0 Å². The second kappa shape index (κ2) is 8.30. The monoisotopic (exact) mass is 407 g/mol. The number of aromatic nitrogens is 1. The molecule has 0 saturated heterocycles. The van der Waals surface area contributed by atoms with Gasteiger partial charge in [0.15, 0.2) is 5.13 Å². The van der Waals surface area contributed by atoms with Crippen molar-refractivity contribution in [3.05, 3.63) is 65.2 Å². The van der Waals surface area contributed by atoms with Gasteiger partial charge in [-0.15, -0.1) is 24.5 Å². The first-order valence-corrected chi connectivity index (χ1v) is 9.08. The lowest BCUT2D eigenvalue weighted by Crippen LogP contribution is -2.16. The third-order valence-electron chi connectivity index (χ3n) is 3.53. The average molecular weight is 407 g/mol. The molecule has 0 saturated carbocycles. The number of anilines is 3. The van der Waals surface area contributed by atoms with Gasteiger partial charge >= 0.3 is 6.36 Å². The number of benzene rings is 2. The van der Waals surface area contributed by atoms with Crippen LogP contribution in [0.3, 0.4) is 0 Å². The van der Waals surface area contributed by atoms with Gasteiger partial charge in [-0.1, -0.05) is 12.1 Å². The molecule has 0 aliphatic carbocycles. The molecule has 3 rings (SSSR count). The second-order valence-electron chi connectivity index (χ2n) is 5.94. The maximum absolute atomic E-state index is 12.2. The number of carbonyl (C=O) groups excluding carboxylic acids is 1. The first kappa shape index (κ1) is 19.7. The Labute approximate surface area is 163 Å². The number of aryl methyl sites for hydroxylation is 1. The molecular weight excluding hydrogens is 391 g/mol. The van der Waals surface area contributed by atoms with E-state index in [0.717, 1.165) is 11.3 Å². The van der Waals surface area contributed by atoms with Crippen LogP contribution in [-0.2, 0) is 11.2 Å². The Balaban J connectivity index is 1.56. The van der Waals surface area contributed by atoms with E-state index in [0.29, 0.717) is 16.5 Å². The molecule has 0 atom stereocenters. The molecule has 0 aliphatic rings. The molecular formula is C19H16F3N3O2S. The molecule has 0 spiro atoms. The summed E-state index contributed by atoms with van der Waals surface area (Å²) in [5.74, 6) is -0.484. The van der Waals surface area contributed by atoms with Gasteiger partial charge < -0.3 is 15.4 Å². The number of carbonyl (C=O) groups is 1. The number of nitrogens with zero attached hydrogens (tertiary/aromatic N) is 1. The van der Waals surface area contributed by atoms with Gasteiger partial charge in [0.05, 0.1) is 12.1 Å². The molecule has 28 heavy (non-hydrogen) atoms. The fourth-order valence-corrected chi connectivity index (χ4v) is 3.13. The normalized spacial score (nSPS) is 11.1. The van der Waals surface area contributed by atoms with Crippen LogP contribution in [0.2, 0.25) is 0 Å². The van der Waals surface area contributed by atoms with Crippen LogP contribution in [0.1, 0.15) is 11.3 Å². The molecule has 1 aromatic heterocycles. The van der Waals surface area contributed by atoms with Crippen LogP contribution in [0.5, 0.6) is 5.75 Å². The lowest BCUT2D eigenvalue weighted by atomic mass is 10.2. The van der Waals surface area contributed by atoms with Crippen LogP contribution in [0.15, 0.2) is 53.9 Å². The van der Waals surface area contributed by atoms with E-state index >= 15 is 0 Å². The van der Waals surface area contributed by atoms with E-state index in [1.54, 1.807) is 5.38 Å². The molecule has 0 unspecified atom stereocenters. The summed E-state index contributed by atoms with van der Waals surface area (Å²) in [6.45, 7) is 1.94. The predicted octanol–water partition coefficient (Wildman–Crippen LogP) is 5.27. The van der Waals surface area contributed by atoms with Gasteiger partial charge in [0.1, 0.15) is 5.75 Å². The maximum atomic E-state index is 12.2. The highest BCUT2D eigenvalue weighted by Crippen LogP contribution is 2.26. The lowest BCUT2D eigenvalue weighted by Gasteiger charge is -2.09. The number of rotatable bonds is 6. The Bertz CT molecular complexity index is 956. The number of alkyl halides is 3. The zero-order chi connectivity index (χ0) is 20.1. The summed E-state index contributed by atoms with van der Waals surface area (Å²) < 4.78 is 40.3. The van der Waals surface area contributed by atoms with E-state index in [9.17, 15) is 18.0 Å². The fourth-order valence-electron chi connectivity index (χ4n) is 2.40. The number of amides is 1. The number of halogens is 3. The Morgan fingerprint density at radius 3 is 2.57 bits per heavy atom. The van der Waals surface area contributed by atoms with E-state index in [4.69, 9.17) is 0 Å². The third-order valence-corrected chi connectivity index (χ3v) is 4.34.